The van der Waals surface area contributed by atoms with Crippen molar-refractivity contribution in [1.82, 2.24) is 0 Å². The molecule has 0 saturated carbocycles. The van der Waals surface area contributed by atoms with Crippen LogP contribution in [0.1, 0.15) is 9.67 Å². The van der Waals surface area contributed by atoms with Gasteiger partial charge >= 0.3 is 0 Å². The number of hydrogen-bond acceptors (Lipinski definition) is 3. The molecule has 0 aliphatic carbocycles. The lowest BCUT2D eigenvalue weighted by atomic mass is 10.2. The highest BCUT2D eigenvalue weighted by Gasteiger charge is 2.17. The number of amides is 1. The largest absolute Gasteiger partial charge is 0.397 e. The SMILES string of the molecule is Nc1ccsc1C(=O)Nc1c(F)cc(Br)cc1F. The van der Waals surface area contributed by atoms with Gasteiger partial charge in [-0.05, 0) is 23.6 Å². The molecule has 0 aliphatic rings. The first-order valence-corrected chi connectivity index (χ1v) is 6.45. The summed E-state index contributed by atoms with van der Waals surface area (Å²) in [5.41, 5.74) is 5.33. The molecule has 0 unspecified atom stereocenters. The quantitative estimate of drug-likeness (QED) is 0.882. The van der Waals surface area contributed by atoms with Gasteiger partial charge in [-0.3, -0.25) is 4.79 Å². The number of halogens is 3. The Kier molecular flexibility index (Phi) is 3.63. The molecule has 0 atom stereocenters. The van der Waals surface area contributed by atoms with Crippen molar-refractivity contribution >= 4 is 44.5 Å². The number of carbonyl (C=O) groups is 1. The van der Waals surface area contributed by atoms with Crippen molar-refractivity contribution in [2.45, 2.75) is 0 Å². The molecule has 0 saturated heterocycles. The molecule has 1 aromatic carbocycles. The van der Waals surface area contributed by atoms with E-state index in [4.69, 9.17) is 5.73 Å². The van der Waals surface area contributed by atoms with E-state index in [9.17, 15) is 13.6 Å². The molecule has 0 radical (unpaired) electrons. The van der Waals surface area contributed by atoms with Crippen LogP contribution in [0.5, 0.6) is 0 Å². The summed E-state index contributed by atoms with van der Waals surface area (Å²) in [6.45, 7) is 0. The fourth-order valence-electron chi connectivity index (χ4n) is 1.34. The maximum Gasteiger partial charge on any atom is 0.268 e. The molecule has 2 rings (SSSR count). The van der Waals surface area contributed by atoms with E-state index in [1.807, 2.05) is 0 Å². The smallest absolute Gasteiger partial charge is 0.268 e. The molecule has 0 spiro atoms. The van der Waals surface area contributed by atoms with Crippen molar-refractivity contribution in [2.75, 3.05) is 11.1 Å². The summed E-state index contributed by atoms with van der Waals surface area (Å²) >= 11 is 4.05. The number of nitrogens with two attached hydrogens (primary N) is 1. The minimum Gasteiger partial charge on any atom is -0.397 e. The number of anilines is 2. The standard InChI is InChI=1S/C11H7BrF2N2OS/c12-5-3-6(13)9(7(14)4-5)16-11(17)10-8(15)1-2-18-10/h1-4H,15H2,(H,16,17). The van der Waals surface area contributed by atoms with Gasteiger partial charge in [-0.15, -0.1) is 11.3 Å². The minimum atomic E-state index is -0.856. The highest BCUT2D eigenvalue weighted by molar-refractivity contribution is 9.10. The Morgan fingerprint density at radius 1 is 1.33 bits per heavy atom. The third-order valence-electron chi connectivity index (χ3n) is 2.15. The zero-order chi connectivity index (χ0) is 13.3. The second-order valence-electron chi connectivity index (χ2n) is 3.40. The van der Waals surface area contributed by atoms with Gasteiger partial charge < -0.3 is 11.1 Å². The number of nitrogens with one attached hydrogen (secondary N) is 1. The molecular formula is C11H7BrF2N2OS. The van der Waals surface area contributed by atoms with Crippen molar-refractivity contribution in [1.29, 1.82) is 0 Å². The second kappa shape index (κ2) is 5.03. The van der Waals surface area contributed by atoms with E-state index in [-0.39, 0.29) is 15.0 Å². The summed E-state index contributed by atoms with van der Waals surface area (Å²) in [5.74, 6) is -2.35. The van der Waals surface area contributed by atoms with Crippen molar-refractivity contribution in [2.24, 2.45) is 0 Å². The van der Waals surface area contributed by atoms with Crippen LogP contribution in [-0.2, 0) is 0 Å². The monoisotopic (exact) mass is 332 g/mol. The van der Waals surface area contributed by atoms with E-state index >= 15 is 0 Å². The summed E-state index contributed by atoms with van der Waals surface area (Å²) in [4.78, 5) is 12.0. The van der Waals surface area contributed by atoms with Crippen LogP contribution in [0.4, 0.5) is 20.2 Å². The number of benzene rings is 1. The van der Waals surface area contributed by atoms with Gasteiger partial charge in [-0.2, -0.15) is 0 Å². The van der Waals surface area contributed by atoms with E-state index in [0.29, 0.717) is 0 Å². The van der Waals surface area contributed by atoms with E-state index in [1.54, 1.807) is 11.4 Å². The fraction of sp³-hybridized carbons (Fsp3) is 0. The van der Waals surface area contributed by atoms with Crippen LogP contribution in [0, 0.1) is 11.6 Å². The van der Waals surface area contributed by atoms with Crippen LogP contribution in [-0.4, -0.2) is 5.91 Å². The van der Waals surface area contributed by atoms with Crippen LogP contribution in [0.25, 0.3) is 0 Å². The maximum atomic E-state index is 13.5. The van der Waals surface area contributed by atoms with Crippen molar-refractivity contribution in [3.8, 4) is 0 Å². The lowest BCUT2D eigenvalue weighted by Crippen LogP contribution is -2.14. The Labute approximate surface area is 114 Å². The van der Waals surface area contributed by atoms with Gasteiger partial charge in [0.1, 0.15) is 10.6 Å². The number of hydrogen-bond donors (Lipinski definition) is 2. The van der Waals surface area contributed by atoms with E-state index < -0.39 is 23.2 Å². The Morgan fingerprint density at radius 3 is 2.44 bits per heavy atom. The lowest BCUT2D eigenvalue weighted by Gasteiger charge is -2.07. The van der Waals surface area contributed by atoms with Gasteiger partial charge in [0.05, 0.1) is 5.69 Å². The average Bonchev–Trinajstić information content (AvgIpc) is 2.69. The number of carbonyl (C=O) groups excluding carboxylic acids is 1. The second-order valence-corrected chi connectivity index (χ2v) is 5.24. The highest BCUT2D eigenvalue weighted by atomic mass is 79.9. The molecule has 0 bridgehead atoms. The Balaban J connectivity index is 2.31. The van der Waals surface area contributed by atoms with Crippen LogP contribution in [0.3, 0.4) is 0 Å². The molecular weight excluding hydrogens is 326 g/mol. The van der Waals surface area contributed by atoms with Crippen molar-refractivity contribution in [3.05, 3.63) is 44.6 Å². The van der Waals surface area contributed by atoms with Crippen molar-refractivity contribution < 1.29 is 13.6 Å². The topological polar surface area (TPSA) is 55.1 Å². The molecule has 7 heteroatoms. The average molecular weight is 333 g/mol. The molecule has 0 fully saturated rings. The normalized spacial score (nSPS) is 10.4. The lowest BCUT2D eigenvalue weighted by molar-refractivity contribution is 0.103. The van der Waals surface area contributed by atoms with E-state index in [1.165, 1.54) is 0 Å². The molecule has 1 amide bonds. The minimum absolute atomic E-state index is 0.219. The highest BCUT2D eigenvalue weighted by Crippen LogP contribution is 2.26. The van der Waals surface area contributed by atoms with Crippen LogP contribution >= 0.6 is 27.3 Å². The summed E-state index contributed by atoms with van der Waals surface area (Å²) in [5, 5.41) is 3.79. The molecule has 0 aliphatic heterocycles. The number of thiophene rings is 1. The molecule has 3 N–H and O–H groups in total. The fourth-order valence-corrected chi connectivity index (χ4v) is 2.45. The van der Waals surface area contributed by atoms with E-state index in [2.05, 4.69) is 21.2 Å². The Bertz CT molecular complexity index is 592. The van der Waals surface area contributed by atoms with E-state index in [0.717, 1.165) is 23.5 Å². The first-order valence-electron chi connectivity index (χ1n) is 4.78. The Hall–Kier alpha value is -1.47. The first kappa shape index (κ1) is 13.0. The molecule has 94 valence electrons. The van der Waals surface area contributed by atoms with Crippen molar-refractivity contribution in [3.63, 3.8) is 0 Å². The van der Waals surface area contributed by atoms with Gasteiger partial charge in [0.2, 0.25) is 0 Å². The van der Waals surface area contributed by atoms with Crippen LogP contribution in [0.2, 0.25) is 0 Å². The zero-order valence-corrected chi connectivity index (χ0v) is 11.2. The first-order chi connectivity index (χ1) is 8.49. The zero-order valence-electron chi connectivity index (χ0n) is 8.84. The Morgan fingerprint density at radius 2 is 1.94 bits per heavy atom. The van der Waals surface area contributed by atoms with Gasteiger partial charge in [0, 0.05) is 4.47 Å². The van der Waals surface area contributed by atoms with Gasteiger partial charge in [-0.25, -0.2) is 8.78 Å². The summed E-state index contributed by atoms with van der Waals surface area (Å²) in [6, 6.07) is 3.68. The molecule has 2 aromatic rings. The predicted molar refractivity (Wildman–Crippen MR) is 70.7 cm³/mol. The third-order valence-corrected chi connectivity index (χ3v) is 3.53. The number of nitrogen functional groups attached to an aromatic ring is 1. The summed E-state index contributed by atoms with van der Waals surface area (Å²) in [6.07, 6.45) is 0. The summed E-state index contributed by atoms with van der Waals surface area (Å²) < 4.78 is 27.3. The van der Waals surface area contributed by atoms with Crippen LogP contribution in [0.15, 0.2) is 28.1 Å². The molecule has 3 nitrogen and oxygen atoms in total. The molecule has 18 heavy (non-hydrogen) atoms. The van der Waals surface area contributed by atoms with Gasteiger partial charge in [0.15, 0.2) is 11.6 Å². The molecule has 1 heterocycles. The van der Waals surface area contributed by atoms with Gasteiger partial charge in [0.25, 0.3) is 5.91 Å². The predicted octanol–water partition coefficient (Wildman–Crippen LogP) is 3.62. The maximum absolute atomic E-state index is 13.5. The third kappa shape index (κ3) is 2.51. The van der Waals surface area contributed by atoms with Gasteiger partial charge in [-0.1, -0.05) is 15.9 Å². The summed E-state index contributed by atoms with van der Waals surface area (Å²) in [7, 11) is 0. The number of rotatable bonds is 2. The molecule has 1 aromatic heterocycles. The van der Waals surface area contributed by atoms with Crippen LogP contribution < -0.4 is 11.1 Å².